The van der Waals surface area contributed by atoms with Crippen molar-refractivity contribution in [3.05, 3.63) is 106 Å². The third kappa shape index (κ3) is 5.95. The zero-order valence-electron chi connectivity index (χ0n) is 16.5. The van der Waals surface area contributed by atoms with Crippen LogP contribution in [0.25, 0.3) is 17.4 Å². The minimum atomic E-state index is -0.292. The standard InChI is InChI=1S/C25H16Cl3NO3/c26-17-1-5-21(6-2-17)31-22-7-3-20(4-8-22)29-25(30)12-10-23-9-11-24(32-23)16-13-18(27)15-19(28)14-16/h1-15H,(H,29,30)/b12-10+. The molecule has 1 heterocycles. The lowest BCUT2D eigenvalue weighted by Gasteiger charge is -2.07. The largest absolute Gasteiger partial charge is 0.457 e. The predicted molar refractivity (Wildman–Crippen MR) is 130 cm³/mol. The Balaban J connectivity index is 1.35. The number of nitrogens with one attached hydrogen (secondary N) is 1. The molecule has 1 N–H and O–H groups in total. The van der Waals surface area contributed by atoms with Crippen LogP contribution in [0.4, 0.5) is 5.69 Å². The molecule has 0 spiro atoms. The van der Waals surface area contributed by atoms with Gasteiger partial charge in [0.15, 0.2) is 0 Å². The number of carbonyl (C=O) groups excluding carboxylic acids is 1. The second-order valence-electron chi connectivity index (χ2n) is 6.76. The molecule has 0 aliphatic rings. The van der Waals surface area contributed by atoms with Crippen LogP contribution in [0.2, 0.25) is 15.1 Å². The van der Waals surface area contributed by atoms with Crippen LogP contribution < -0.4 is 10.1 Å². The van der Waals surface area contributed by atoms with E-state index in [1.165, 1.54) is 6.08 Å². The molecule has 0 aliphatic carbocycles. The SMILES string of the molecule is O=C(/C=C/c1ccc(-c2cc(Cl)cc(Cl)c2)o1)Nc1ccc(Oc2ccc(Cl)cc2)cc1. The number of ether oxygens (including phenoxy) is 1. The lowest BCUT2D eigenvalue weighted by Crippen LogP contribution is -2.07. The van der Waals surface area contributed by atoms with Gasteiger partial charge in [0.25, 0.3) is 0 Å². The van der Waals surface area contributed by atoms with Gasteiger partial charge in [0.05, 0.1) is 0 Å². The van der Waals surface area contributed by atoms with E-state index in [0.29, 0.717) is 43.8 Å². The van der Waals surface area contributed by atoms with Gasteiger partial charge in [-0.25, -0.2) is 0 Å². The van der Waals surface area contributed by atoms with Gasteiger partial charge < -0.3 is 14.5 Å². The van der Waals surface area contributed by atoms with E-state index in [2.05, 4.69) is 5.32 Å². The Kier molecular flexibility index (Phi) is 6.86. The molecule has 4 nitrogen and oxygen atoms in total. The third-order valence-corrected chi connectivity index (χ3v) is 5.03. The lowest BCUT2D eigenvalue weighted by molar-refractivity contribution is -0.111. The number of carbonyl (C=O) groups is 1. The first-order valence-corrected chi connectivity index (χ1v) is 10.7. The van der Waals surface area contributed by atoms with Crippen LogP contribution in [0.1, 0.15) is 5.76 Å². The van der Waals surface area contributed by atoms with Gasteiger partial charge >= 0.3 is 0 Å². The minimum Gasteiger partial charge on any atom is -0.457 e. The van der Waals surface area contributed by atoms with Crippen molar-refractivity contribution in [3.8, 4) is 22.8 Å². The molecule has 1 aromatic heterocycles. The van der Waals surface area contributed by atoms with Crippen LogP contribution >= 0.6 is 34.8 Å². The fraction of sp³-hybridized carbons (Fsp3) is 0. The predicted octanol–water partition coefficient (Wildman–Crippen LogP) is 8.35. The maximum Gasteiger partial charge on any atom is 0.248 e. The Morgan fingerprint density at radius 3 is 2.06 bits per heavy atom. The summed E-state index contributed by atoms with van der Waals surface area (Å²) in [6, 6.07) is 22.8. The van der Waals surface area contributed by atoms with Gasteiger partial charge in [-0.15, -0.1) is 0 Å². The highest BCUT2D eigenvalue weighted by Crippen LogP contribution is 2.29. The fourth-order valence-electron chi connectivity index (χ4n) is 2.88. The number of benzene rings is 3. The zero-order valence-corrected chi connectivity index (χ0v) is 18.8. The first-order chi connectivity index (χ1) is 15.4. The van der Waals surface area contributed by atoms with Crippen LogP contribution in [-0.2, 0) is 4.79 Å². The molecule has 160 valence electrons. The summed E-state index contributed by atoms with van der Waals surface area (Å²) in [5, 5.41) is 4.47. The molecule has 32 heavy (non-hydrogen) atoms. The Hall–Kier alpha value is -3.18. The molecule has 4 rings (SSSR count). The van der Waals surface area contributed by atoms with Gasteiger partial charge in [0.2, 0.25) is 5.91 Å². The second-order valence-corrected chi connectivity index (χ2v) is 8.07. The molecule has 0 radical (unpaired) electrons. The van der Waals surface area contributed by atoms with Gasteiger partial charge in [-0.1, -0.05) is 34.8 Å². The Morgan fingerprint density at radius 1 is 0.781 bits per heavy atom. The highest BCUT2D eigenvalue weighted by molar-refractivity contribution is 6.35. The molecule has 0 fully saturated rings. The van der Waals surface area contributed by atoms with Crippen LogP contribution in [0.5, 0.6) is 11.5 Å². The van der Waals surface area contributed by atoms with Crippen molar-refractivity contribution in [3.63, 3.8) is 0 Å². The van der Waals surface area contributed by atoms with E-state index in [1.807, 2.05) is 0 Å². The molecule has 0 saturated heterocycles. The molecule has 0 atom stereocenters. The van der Waals surface area contributed by atoms with E-state index in [4.69, 9.17) is 44.0 Å². The Labute approximate surface area is 200 Å². The number of furan rings is 1. The molecule has 0 unspecified atom stereocenters. The Morgan fingerprint density at radius 2 is 1.41 bits per heavy atom. The monoisotopic (exact) mass is 483 g/mol. The first kappa shape index (κ1) is 22.0. The van der Waals surface area contributed by atoms with Crippen molar-refractivity contribution >= 4 is 52.5 Å². The van der Waals surface area contributed by atoms with Gasteiger partial charge in [0.1, 0.15) is 23.0 Å². The van der Waals surface area contributed by atoms with Crippen molar-refractivity contribution in [2.24, 2.45) is 0 Å². The quantitative estimate of drug-likeness (QED) is 0.280. The third-order valence-electron chi connectivity index (χ3n) is 4.34. The van der Waals surface area contributed by atoms with Crippen molar-refractivity contribution < 1.29 is 13.9 Å². The molecule has 3 aromatic carbocycles. The number of hydrogen-bond donors (Lipinski definition) is 1. The normalized spacial score (nSPS) is 11.0. The minimum absolute atomic E-state index is 0.292. The summed E-state index contributed by atoms with van der Waals surface area (Å²) in [4.78, 5) is 12.2. The molecule has 4 aromatic rings. The van der Waals surface area contributed by atoms with Gasteiger partial charge in [-0.2, -0.15) is 0 Å². The maximum atomic E-state index is 12.2. The molecule has 0 bridgehead atoms. The van der Waals surface area contributed by atoms with Crippen LogP contribution in [0.15, 0.2) is 89.4 Å². The highest BCUT2D eigenvalue weighted by atomic mass is 35.5. The summed E-state index contributed by atoms with van der Waals surface area (Å²) in [5.74, 6) is 2.15. The summed E-state index contributed by atoms with van der Waals surface area (Å²) in [7, 11) is 0. The van der Waals surface area contributed by atoms with Crippen LogP contribution in [-0.4, -0.2) is 5.91 Å². The van der Waals surface area contributed by atoms with Crippen molar-refractivity contribution in [1.29, 1.82) is 0 Å². The van der Waals surface area contributed by atoms with E-state index >= 15 is 0 Å². The summed E-state index contributed by atoms with van der Waals surface area (Å²) in [6.45, 7) is 0. The van der Waals surface area contributed by atoms with Crippen LogP contribution in [0, 0.1) is 0 Å². The zero-order chi connectivity index (χ0) is 22.5. The number of amides is 1. The van der Waals surface area contributed by atoms with E-state index in [1.54, 1.807) is 84.9 Å². The highest BCUT2D eigenvalue weighted by Gasteiger charge is 2.07. The van der Waals surface area contributed by atoms with Gasteiger partial charge in [-0.05, 0) is 84.9 Å². The molecule has 0 aliphatic heterocycles. The number of rotatable bonds is 6. The molecule has 0 saturated carbocycles. The second kappa shape index (κ2) is 9.96. The van der Waals surface area contributed by atoms with Crippen molar-refractivity contribution in [2.75, 3.05) is 5.32 Å². The van der Waals surface area contributed by atoms with Gasteiger partial charge in [0, 0.05) is 32.4 Å². The first-order valence-electron chi connectivity index (χ1n) is 9.53. The molecular weight excluding hydrogens is 469 g/mol. The smallest absolute Gasteiger partial charge is 0.248 e. The summed E-state index contributed by atoms with van der Waals surface area (Å²) in [6.07, 6.45) is 2.98. The molecule has 7 heteroatoms. The summed E-state index contributed by atoms with van der Waals surface area (Å²) < 4.78 is 11.5. The Bertz CT molecular complexity index is 1240. The number of anilines is 1. The summed E-state index contributed by atoms with van der Waals surface area (Å²) in [5.41, 5.74) is 1.39. The lowest BCUT2D eigenvalue weighted by atomic mass is 10.2. The van der Waals surface area contributed by atoms with Crippen molar-refractivity contribution in [1.82, 2.24) is 0 Å². The maximum absolute atomic E-state index is 12.2. The fourth-order valence-corrected chi connectivity index (χ4v) is 3.53. The number of halogens is 3. The van der Waals surface area contributed by atoms with Crippen molar-refractivity contribution in [2.45, 2.75) is 0 Å². The average Bonchev–Trinajstić information content (AvgIpc) is 3.24. The molecular formula is C25H16Cl3NO3. The number of hydrogen-bond acceptors (Lipinski definition) is 3. The topological polar surface area (TPSA) is 51.5 Å². The van der Waals surface area contributed by atoms with E-state index < -0.39 is 0 Å². The van der Waals surface area contributed by atoms with Crippen LogP contribution in [0.3, 0.4) is 0 Å². The molecule has 1 amide bonds. The van der Waals surface area contributed by atoms with E-state index in [9.17, 15) is 4.79 Å². The average molecular weight is 485 g/mol. The summed E-state index contributed by atoms with van der Waals surface area (Å²) >= 11 is 17.9. The van der Waals surface area contributed by atoms with E-state index in [-0.39, 0.29) is 5.91 Å². The van der Waals surface area contributed by atoms with Gasteiger partial charge in [-0.3, -0.25) is 4.79 Å². The van der Waals surface area contributed by atoms with E-state index in [0.717, 1.165) is 5.56 Å².